The van der Waals surface area contributed by atoms with E-state index < -0.39 is 5.97 Å². The number of aryl methyl sites for hydroxylation is 2. The Morgan fingerprint density at radius 1 is 1.36 bits per heavy atom. The number of carbonyl (C=O) groups is 1. The van der Waals surface area contributed by atoms with Crippen molar-refractivity contribution < 1.29 is 14.6 Å². The van der Waals surface area contributed by atoms with Gasteiger partial charge in [0.25, 0.3) is 0 Å². The number of rotatable bonds is 6. The van der Waals surface area contributed by atoms with Crippen molar-refractivity contribution >= 4 is 22.3 Å². The van der Waals surface area contributed by atoms with Gasteiger partial charge < -0.3 is 9.84 Å². The number of imidazole rings is 1. The zero-order valence-electron chi connectivity index (χ0n) is 14.5. The molecule has 2 heterocycles. The molecule has 0 saturated heterocycles. The Kier molecular flexibility index (Phi) is 4.63. The molecule has 1 N–H and O–H groups in total. The molecule has 0 radical (unpaired) electrons. The molecule has 25 heavy (non-hydrogen) atoms. The molecule has 0 bridgehead atoms. The molecule has 3 rings (SSSR count). The summed E-state index contributed by atoms with van der Waals surface area (Å²) in [5.41, 5.74) is 3.56. The van der Waals surface area contributed by atoms with E-state index in [9.17, 15) is 9.90 Å². The van der Waals surface area contributed by atoms with E-state index in [2.05, 4.69) is 18.5 Å². The van der Waals surface area contributed by atoms with Crippen molar-refractivity contribution in [2.45, 2.75) is 27.2 Å². The van der Waals surface area contributed by atoms with Crippen LogP contribution in [0.25, 0.3) is 16.2 Å². The lowest BCUT2D eigenvalue weighted by atomic mass is 10.1. The second-order valence-electron chi connectivity index (χ2n) is 5.97. The monoisotopic (exact) mass is 356 g/mol. The third-order valence-electron chi connectivity index (χ3n) is 3.86. The first kappa shape index (κ1) is 17.2. The summed E-state index contributed by atoms with van der Waals surface area (Å²) in [5.74, 6) is -0.204. The first-order valence-electron chi connectivity index (χ1n) is 8.04. The molecule has 2 aromatic heterocycles. The fourth-order valence-corrected chi connectivity index (χ4v) is 3.89. The first-order chi connectivity index (χ1) is 11.9. The van der Waals surface area contributed by atoms with Crippen molar-refractivity contribution in [2.24, 2.45) is 0 Å². The molecular formula is C19H20N2O3S. The van der Waals surface area contributed by atoms with E-state index in [4.69, 9.17) is 4.74 Å². The number of benzene rings is 1. The van der Waals surface area contributed by atoms with Crippen molar-refractivity contribution in [1.82, 2.24) is 9.38 Å². The highest BCUT2D eigenvalue weighted by Crippen LogP contribution is 2.35. The molecule has 3 aromatic rings. The normalized spacial score (nSPS) is 11.0. The Hall–Kier alpha value is -2.60. The number of fused-ring (bicyclic) bond motifs is 1. The van der Waals surface area contributed by atoms with Crippen LogP contribution in [-0.4, -0.2) is 27.1 Å². The standard InChI is InChI=1S/C19H20N2O3S/c1-5-15-17(13-6-8-14(9-7-13)24-10-11(2)3)21-16(18(22)23)12(4)20-19(21)25-15/h6-9H,2,5,10H2,1,3-4H3,(H,22,23). The smallest absolute Gasteiger partial charge is 0.354 e. The zero-order chi connectivity index (χ0) is 18.1. The summed E-state index contributed by atoms with van der Waals surface area (Å²) in [6.45, 7) is 10.0. The molecule has 6 heteroatoms. The van der Waals surface area contributed by atoms with E-state index in [1.54, 1.807) is 11.3 Å². The molecule has 0 fully saturated rings. The van der Waals surface area contributed by atoms with Gasteiger partial charge in [-0.05, 0) is 55.7 Å². The molecule has 0 aliphatic heterocycles. The summed E-state index contributed by atoms with van der Waals surface area (Å²) in [7, 11) is 0. The van der Waals surface area contributed by atoms with Crippen LogP contribution >= 0.6 is 11.3 Å². The predicted octanol–water partition coefficient (Wildman–Crippen LogP) is 4.59. The summed E-state index contributed by atoms with van der Waals surface area (Å²) < 4.78 is 7.39. The van der Waals surface area contributed by atoms with Gasteiger partial charge in [0, 0.05) is 4.88 Å². The summed E-state index contributed by atoms with van der Waals surface area (Å²) in [5, 5.41) is 9.59. The van der Waals surface area contributed by atoms with Crippen LogP contribution in [0.4, 0.5) is 0 Å². The van der Waals surface area contributed by atoms with Gasteiger partial charge in [-0.25, -0.2) is 9.78 Å². The second-order valence-corrected chi connectivity index (χ2v) is 7.03. The number of hydrogen-bond donors (Lipinski definition) is 1. The molecule has 130 valence electrons. The van der Waals surface area contributed by atoms with Crippen LogP contribution in [0.15, 0.2) is 36.4 Å². The van der Waals surface area contributed by atoms with Gasteiger partial charge in [-0.1, -0.05) is 13.5 Å². The number of carboxylic acids is 1. The maximum absolute atomic E-state index is 11.7. The highest BCUT2D eigenvalue weighted by molar-refractivity contribution is 7.17. The minimum absolute atomic E-state index is 0.226. The molecule has 0 saturated carbocycles. The third-order valence-corrected chi connectivity index (χ3v) is 5.04. The molecule has 0 amide bonds. The van der Waals surface area contributed by atoms with E-state index in [0.29, 0.717) is 17.3 Å². The summed E-state index contributed by atoms with van der Waals surface area (Å²) in [6.07, 6.45) is 0.815. The quantitative estimate of drug-likeness (QED) is 0.656. The lowest BCUT2D eigenvalue weighted by Crippen LogP contribution is -2.05. The molecule has 0 aliphatic carbocycles. The van der Waals surface area contributed by atoms with Crippen molar-refractivity contribution in [3.05, 3.63) is 52.7 Å². The van der Waals surface area contributed by atoms with Crippen LogP contribution in [0, 0.1) is 6.92 Å². The molecule has 0 unspecified atom stereocenters. The number of thiazole rings is 1. The van der Waals surface area contributed by atoms with E-state index in [1.807, 2.05) is 31.2 Å². The Morgan fingerprint density at radius 2 is 2.04 bits per heavy atom. The lowest BCUT2D eigenvalue weighted by molar-refractivity contribution is 0.0688. The number of ether oxygens (including phenoxy) is 1. The SMILES string of the molecule is C=C(C)COc1ccc(-c2c(CC)sc3nc(C)c(C(=O)O)n23)cc1. The molecule has 0 atom stereocenters. The fraction of sp³-hybridized carbons (Fsp3) is 0.263. The minimum atomic E-state index is -0.965. The topological polar surface area (TPSA) is 63.8 Å². The Bertz CT molecular complexity index is 951. The Morgan fingerprint density at radius 3 is 2.60 bits per heavy atom. The average molecular weight is 356 g/mol. The van der Waals surface area contributed by atoms with Gasteiger partial charge in [0.05, 0.1) is 11.4 Å². The maximum atomic E-state index is 11.7. The molecular weight excluding hydrogens is 336 g/mol. The van der Waals surface area contributed by atoms with Crippen LogP contribution in [-0.2, 0) is 6.42 Å². The van der Waals surface area contributed by atoms with E-state index >= 15 is 0 Å². The van der Waals surface area contributed by atoms with Crippen LogP contribution in [0.5, 0.6) is 5.75 Å². The van der Waals surface area contributed by atoms with Gasteiger partial charge in [-0.3, -0.25) is 4.40 Å². The number of aromatic nitrogens is 2. The highest BCUT2D eigenvalue weighted by atomic mass is 32.1. The lowest BCUT2D eigenvalue weighted by Gasteiger charge is -2.09. The van der Waals surface area contributed by atoms with Crippen molar-refractivity contribution in [3.63, 3.8) is 0 Å². The van der Waals surface area contributed by atoms with E-state index in [0.717, 1.165) is 33.9 Å². The van der Waals surface area contributed by atoms with Crippen molar-refractivity contribution in [3.8, 4) is 17.0 Å². The largest absolute Gasteiger partial charge is 0.489 e. The van der Waals surface area contributed by atoms with Gasteiger partial charge in [0.15, 0.2) is 10.7 Å². The Balaban J connectivity index is 2.10. The average Bonchev–Trinajstić information content (AvgIpc) is 3.06. The fourth-order valence-electron chi connectivity index (χ4n) is 2.76. The molecule has 0 spiro atoms. The highest BCUT2D eigenvalue weighted by Gasteiger charge is 2.23. The summed E-state index contributed by atoms with van der Waals surface area (Å²) in [6, 6.07) is 7.70. The van der Waals surface area contributed by atoms with Gasteiger partial charge in [-0.15, -0.1) is 11.3 Å². The van der Waals surface area contributed by atoms with Crippen LogP contribution < -0.4 is 4.74 Å². The molecule has 1 aromatic carbocycles. The van der Waals surface area contributed by atoms with Gasteiger partial charge in [0.2, 0.25) is 0 Å². The Labute approximate surface area is 150 Å². The predicted molar refractivity (Wildman–Crippen MR) is 99.9 cm³/mol. The number of aromatic carboxylic acids is 1. The van der Waals surface area contributed by atoms with Crippen LogP contribution in [0.3, 0.4) is 0 Å². The van der Waals surface area contributed by atoms with Gasteiger partial charge in [-0.2, -0.15) is 0 Å². The van der Waals surface area contributed by atoms with Gasteiger partial charge >= 0.3 is 5.97 Å². The third kappa shape index (κ3) is 3.17. The van der Waals surface area contributed by atoms with E-state index in [1.165, 1.54) is 11.3 Å². The number of nitrogens with zero attached hydrogens (tertiary/aromatic N) is 2. The number of hydrogen-bond acceptors (Lipinski definition) is 4. The summed E-state index contributed by atoms with van der Waals surface area (Å²) in [4.78, 5) is 17.9. The maximum Gasteiger partial charge on any atom is 0.354 e. The minimum Gasteiger partial charge on any atom is -0.489 e. The van der Waals surface area contributed by atoms with E-state index in [-0.39, 0.29) is 5.69 Å². The molecule has 5 nitrogen and oxygen atoms in total. The van der Waals surface area contributed by atoms with Crippen LogP contribution in [0.1, 0.15) is 34.9 Å². The second kappa shape index (κ2) is 6.72. The van der Waals surface area contributed by atoms with Gasteiger partial charge in [0.1, 0.15) is 12.4 Å². The van der Waals surface area contributed by atoms with Crippen molar-refractivity contribution in [2.75, 3.05) is 6.61 Å². The molecule has 0 aliphatic rings. The summed E-state index contributed by atoms with van der Waals surface area (Å²) >= 11 is 1.54. The van der Waals surface area contributed by atoms with Crippen LogP contribution in [0.2, 0.25) is 0 Å². The zero-order valence-corrected chi connectivity index (χ0v) is 15.3. The number of carboxylic acid groups (broad SMARTS) is 1. The van der Waals surface area contributed by atoms with Crippen molar-refractivity contribution in [1.29, 1.82) is 0 Å². The first-order valence-corrected chi connectivity index (χ1v) is 8.85.